The summed E-state index contributed by atoms with van der Waals surface area (Å²) in [6.45, 7) is 1.86. The Morgan fingerprint density at radius 3 is 2.88 bits per heavy atom. The van der Waals surface area contributed by atoms with Crippen LogP contribution in [0.2, 0.25) is 0 Å². The highest BCUT2D eigenvalue weighted by Gasteiger charge is 2.17. The van der Waals surface area contributed by atoms with Gasteiger partial charge in [0.15, 0.2) is 12.0 Å². The van der Waals surface area contributed by atoms with Crippen LogP contribution < -0.4 is 0 Å². The maximum Gasteiger partial charge on any atom is 0.392 e. The monoisotopic (exact) mass is 235 g/mol. The Balaban J connectivity index is 2.21. The van der Waals surface area contributed by atoms with Crippen molar-refractivity contribution >= 4 is 12.1 Å². The number of nitrogens with zero attached hydrogens (tertiary/aromatic N) is 3. The van der Waals surface area contributed by atoms with E-state index in [4.69, 9.17) is 4.42 Å². The van der Waals surface area contributed by atoms with Gasteiger partial charge >= 0.3 is 5.82 Å². The molecule has 0 saturated heterocycles. The Bertz CT molecular complexity index is 570. The Kier molecular flexibility index (Phi) is 2.73. The van der Waals surface area contributed by atoms with E-state index in [1.807, 2.05) is 0 Å². The van der Waals surface area contributed by atoms with Crippen molar-refractivity contribution in [2.45, 2.75) is 13.5 Å². The molecule has 0 atom stereocenters. The van der Waals surface area contributed by atoms with Crippen molar-refractivity contribution in [3.63, 3.8) is 0 Å². The van der Waals surface area contributed by atoms with Crippen molar-refractivity contribution < 1.29 is 14.1 Å². The number of aldehydes is 1. The summed E-state index contributed by atoms with van der Waals surface area (Å²) in [4.78, 5) is 20.5. The number of carbonyl (C=O) groups is 1. The predicted octanol–water partition coefficient (Wildman–Crippen LogP) is 1.55. The van der Waals surface area contributed by atoms with E-state index in [2.05, 4.69) is 5.10 Å². The number of carbonyl (C=O) groups excluding carboxylic acids is 1. The van der Waals surface area contributed by atoms with Gasteiger partial charge in [-0.15, -0.1) is 0 Å². The lowest BCUT2D eigenvalue weighted by atomic mass is 10.4. The van der Waals surface area contributed by atoms with Crippen molar-refractivity contribution in [1.82, 2.24) is 9.78 Å². The van der Waals surface area contributed by atoms with Crippen LogP contribution in [0.15, 0.2) is 22.7 Å². The van der Waals surface area contributed by atoms with Crippen molar-refractivity contribution in [2.75, 3.05) is 0 Å². The summed E-state index contributed by atoms with van der Waals surface area (Å²) in [5.74, 6) is 0.565. The molecular formula is C10H9N3O4. The van der Waals surface area contributed by atoms with E-state index in [-0.39, 0.29) is 18.1 Å². The fourth-order valence-corrected chi connectivity index (χ4v) is 1.47. The average molecular weight is 235 g/mol. The summed E-state index contributed by atoms with van der Waals surface area (Å²) in [5, 5.41) is 14.4. The molecule has 0 saturated carbocycles. The molecule has 88 valence electrons. The van der Waals surface area contributed by atoms with Crippen LogP contribution in [0.5, 0.6) is 0 Å². The highest BCUT2D eigenvalue weighted by molar-refractivity contribution is 5.70. The zero-order valence-corrected chi connectivity index (χ0v) is 8.99. The van der Waals surface area contributed by atoms with Gasteiger partial charge in [0.05, 0.1) is 16.9 Å². The fourth-order valence-electron chi connectivity index (χ4n) is 1.47. The van der Waals surface area contributed by atoms with Gasteiger partial charge in [-0.25, -0.2) is 0 Å². The zero-order valence-electron chi connectivity index (χ0n) is 8.99. The first-order chi connectivity index (χ1) is 8.10. The molecule has 0 spiro atoms. The summed E-state index contributed by atoms with van der Waals surface area (Å²) in [6.07, 6.45) is 2.15. The van der Waals surface area contributed by atoms with Gasteiger partial charge in [-0.2, -0.15) is 4.68 Å². The highest BCUT2D eigenvalue weighted by Crippen LogP contribution is 2.15. The maximum absolute atomic E-state index is 10.6. The molecule has 0 aliphatic heterocycles. The highest BCUT2D eigenvalue weighted by atomic mass is 16.6. The van der Waals surface area contributed by atoms with E-state index in [9.17, 15) is 14.9 Å². The number of rotatable bonds is 4. The molecule has 7 heteroatoms. The van der Waals surface area contributed by atoms with E-state index in [0.29, 0.717) is 17.6 Å². The lowest BCUT2D eigenvalue weighted by Crippen LogP contribution is -2.00. The minimum Gasteiger partial charge on any atom is -0.456 e. The first-order valence-electron chi connectivity index (χ1n) is 4.82. The van der Waals surface area contributed by atoms with E-state index < -0.39 is 4.92 Å². The number of furan rings is 1. The molecule has 2 rings (SSSR count). The second-order valence-electron chi connectivity index (χ2n) is 3.51. The molecule has 0 N–H and O–H groups in total. The average Bonchev–Trinajstić information content (AvgIpc) is 2.85. The second-order valence-corrected chi connectivity index (χ2v) is 3.51. The van der Waals surface area contributed by atoms with Crippen molar-refractivity contribution in [1.29, 1.82) is 0 Å². The first-order valence-corrected chi connectivity index (χ1v) is 4.82. The predicted molar refractivity (Wildman–Crippen MR) is 56.8 cm³/mol. The van der Waals surface area contributed by atoms with E-state index in [0.717, 1.165) is 0 Å². The summed E-state index contributed by atoms with van der Waals surface area (Å²) >= 11 is 0. The number of nitro groups is 1. The molecule has 0 aliphatic carbocycles. The van der Waals surface area contributed by atoms with Crippen LogP contribution in [0.1, 0.15) is 21.9 Å². The third-order valence-electron chi connectivity index (χ3n) is 2.21. The zero-order chi connectivity index (χ0) is 12.4. The minimum absolute atomic E-state index is 0.174. The van der Waals surface area contributed by atoms with Crippen LogP contribution in [0.3, 0.4) is 0 Å². The molecule has 2 aromatic heterocycles. The Morgan fingerprint density at radius 2 is 2.35 bits per heavy atom. The maximum atomic E-state index is 10.6. The smallest absolute Gasteiger partial charge is 0.392 e. The van der Waals surface area contributed by atoms with Gasteiger partial charge in [-0.05, 0) is 24.0 Å². The van der Waals surface area contributed by atoms with Gasteiger partial charge in [0.25, 0.3) is 0 Å². The van der Waals surface area contributed by atoms with Crippen LogP contribution in [0.25, 0.3) is 0 Å². The Labute approximate surface area is 95.8 Å². The SMILES string of the molecule is Cc1cn(Cc2ccc(C=O)o2)nc1[N+](=O)[O-]. The van der Waals surface area contributed by atoms with Crippen LogP contribution in [-0.2, 0) is 6.54 Å². The molecule has 0 aliphatic rings. The molecule has 2 heterocycles. The third-order valence-corrected chi connectivity index (χ3v) is 2.21. The quantitative estimate of drug-likeness (QED) is 0.455. The van der Waals surface area contributed by atoms with Crippen molar-refractivity contribution in [2.24, 2.45) is 0 Å². The van der Waals surface area contributed by atoms with Crippen LogP contribution in [0.4, 0.5) is 5.82 Å². The molecule has 0 unspecified atom stereocenters. The lowest BCUT2D eigenvalue weighted by molar-refractivity contribution is -0.390. The number of hydrogen-bond donors (Lipinski definition) is 0. The summed E-state index contributed by atoms with van der Waals surface area (Å²) in [6, 6.07) is 3.17. The first kappa shape index (κ1) is 11.1. The minimum atomic E-state index is -0.537. The Hall–Kier alpha value is -2.44. The number of aromatic nitrogens is 2. The van der Waals surface area contributed by atoms with Gasteiger partial charge in [0, 0.05) is 0 Å². The molecule has 0 fully saturated rings. The summed E-state index contributed by atoms with van der Waals surface area (Å²) in [5.41, 5.74) is 0.483. The van der Waals surface area contributed by atoms with Gasteiger partial charge < -0.3 is 14.5 Å². The normalized spacial score (nSPS) is 10.4. The molecule has 7 nitrogen and oxygen atoms in total. The molecule has 17 heavy (non-hydrogen) atoms. The fraction of sp³-hybridized carbons (Fsp3) is 0.200. The van der Waals surface area contributed by atoms with Gasteiger partial charge in [0.2, 0.25) is 0 Å². The van der Waals surface area contributed by atoms with Crippen molar-refractivity contribution in [3.8, 4) is 0 Å². The lowest BCUT2D eigenvalue weighted by Gasteiger charge is -1.91. The third kappa shape index (κ3) is 2.22. The van der Waals surface area contributed by atoms with Gasteiger partial charge in [-0.3, -0.25) is 4.79 Å². The molecule has 0 amide bonds. The van der Waals surface area contributed by atoms with Crippen LogP contribution >= 0.6 is 0 Å². The van der Waals surface area contributed by atoms with Gasteiger partial charge in [-0.1, -0.05) is 0 Å². The number of aryl methyl sites for hydroxylation is 1. The largest absolute Gasteiger partial charge is 0.456 e. The molecular weight excluding hydrogens is 226 g/mol. The topological polar surface area (TPSA) is 91.2 Å². The summed E-state index contributed by atoms with van der Waals surface area (Å²) < 4.78 is 6.55. The standard InChI is InChI=1S/C10H9N3O4/c1-7-4-12(11-10(7)13(15)16)5-8-2-3-9(6-14)17-8/h2-4,6H,5H2,1H3. The van der Waals surface area contributed by atoms with E-state index >= 15 is 0 Å². The molecule has 2 aromatic rings. The van der Waals surface area contributed by atoms with Crippen molar-refractivity contribution in [3.05, 3.63) is 45.5 Å². The summed E-state index contributed by atoms with van der Waals surface area (Å²) in [7, 11) is 0. The molecule has 0 bridgehead atoms. The van der Waals surface area contributed by atoms with Gasteiger partial charge in [0.1, 0.15) is 12.3 Å². The van der Waals surface area contributed by atoms with Crippen LogP contribution in [-0.4, -0.2) is 21.0 Å². The second kappa shape index (κ2) is 4.20. The van der Waals surface area contributed by atoms with Crippen LogP contribution in [0, 0.1) is 17.0 Å². The Morgan fingerprint density at radius 1 is 1.59 bits per heavy atom. The van der Waals surface area contributed by atoms with E-state index in [1.54, 1.807) is 19.2 Å². The number of hydrogen-bond acceptors (Lipinski definition) is 5. The molecule has 0 radical (unpaired) electrons. The van der Waals surface area contributed by atoms with E-state index in [1.165, 1.54) is 10.7 Å². The molecule has 0 aromatic carbocycles.